The first-order chi connectivity index (χ1) is 25.8. The predicted octanol–water partition coefficient (Wildman–Crippen LogP) is 9.54. The average molecular weight is 768 g/mol. The Kier molecular flexibility index (Phi) is 12.4. The highest BCUT2D eigenvalue weighted by Gasteiger charge is 2.43. The zero-order valence-corrected chi connectivity index (χ0v) is 28.8. The quantitative estimate of drug-likeness (QED) is 0.0509. The summed E-state index contributed by atoms with van der Waals surface area (Å²) in [7, 11) is 0. The van der Waals surface area contributed by atoms with Crippen molar-refractivity contribution in [2.75, 3.05) is 17.2 Å². The van der Waals surface area contributed by atoms with Gasteiger partial charge in [-0.1, -0.05) is 66.7 Å². The molecule has 0 spiro atoms. The van der Waals surface area contributed by atoms with Crippen LogP contribution in [0.4, 0.5) is 42.1 Å². The van der Waals surface area contributed by atoms with Gasteiger partial charge in [0, 0.05) is 21.7 Å². The molecule has 0 aromatic heterocycles. The first-order valence-electron chi connectivity index (χ1n) is 15.9. The molecule has 0 aliphatic rings. The lowest BCUT2D eigenvalue weighted by atomic mass is 10.1. The van der Waals surface area contributed by atoms with Crippen molar-refractivity contribution in [3.05, 3.63) is 160 Å². The maximum Gasteiger partial charge on any atom is 0.422 e. The van der Waals surface area contributed by atoms with Gasteiger partial charge in [0.1, 0.15) is 27.9 Å². The van der Waals surface area contributed by atoms with Crippen LogP contribution in [-0.2, 0) is 15.8 Å². The van der Waals surface area contributed by atoms with Crippen molar-refractivity contribution in [1.29, 1.82) is 0 Å². The number of ether oxygens (including phenoxy) is 1. The lowest BCUT2D eigenvalue weighted by Gasteiger charge is -2.19. The SMILES string of the molecule is CCOc1ccccc1/C=C(\NC(=O)c1ccccc1)C(=O)Nc1ccc(SC(C(=O)Nc2c(F)c(F)c(C(F)(F)F)c(F)c2F)c2ccccc2)cc1. The van der Waals surface area contributed by atoms with Gasteiger partial charge in [-0.25, -0.2) is 17.6 Å². The number of para-hydroxylation sites is 1. The van der Waals surface area contributed by atoms with Crippen molar-refractivity contribution in [1.82, 2.24) is 5.32 Å². The number of hydrogen-bond acceptors (Lipinski definition) is 5. The minimum absolute atomic E-state index is 0.120. The zero-order chi connectivity index (χ0) is 39.0. The van der Waals surface area contributed by atoms with Crippen LogP contribution < -0.4 is 20.7 Å². The van der Waals surface area contributed by atoms with Gasteiger partial charge in [0.15, 0.2) is 23.3 Å². The van der Waals surface area contributed by atoms with Crippen LogP contribution in [0.5, 0.6) is 5.75 Å². The van der Waals surface area contributed by atoms with E-state index in [4.69, 9.17) is 4.74 Å². The summed E-state index contributed by atoms with van der Waals surface area (Å²) in [6, 6.07) is 28.7. The Morgan fingerprint density at radius 2 is 1.31 bits per heavy atom. The molecule has 54 heavy (non-hydrogen) atoms. The number of carbonyl (C=O) groups excluding carboxylic acids is 3. The molecule has 5 rings (SSSR count). The van der Waals surface area contributed by atoms with Gasteiger partial charge in [-0.15, -0.1) is 11.8 Å². The number of thioether (sulfide) groups is 1. The van der Waals surface area contributed by atoms with Gasteiger partial charge in [0.05, 0.1) is 6.61 Å². The van der Waals surface area contributed by atoms with Crippen LogP contribution >= 0.6 is 11.8 Å². The molecule has 1 atom stereocenters. The number of anilines is 2. The Morgan fingerprint density at radius 3 is 1.91 bits per heavy atom. The third-order valence-corrected chi connectivity index (χ3v) is 8.82. The lowest BCUT2D eigenvalue weighted by Crippen LogP contribution is -2.30. The first-order valence-corrected chi connectivity index (χ1v) is 16.8. The largest absolute Gasteiger partial charge is 0.493 e. The smallest absolute Gasteiger partial charge is 0.422 e. The van der Waals surface area contributed by atoms with Gasteiger partial charge in [-0.05, 0) is 61.0 Å². The highest BCUT2D eigenvalue weighted by atomic mass is 32.2. The number of carbonyl (C=O) groups is 3. The van der Waals surface area contributed by atoms with E-state index in [1.165, 1.54) is 42.5 Å². The van der Waals surface area contributed by atoms with E-state index in [1.807, 2.05) is 0 Å². The van der Waals surface area contributed by atoms with Crippen LogP contribution in [0, 0.1) is 23.3 Å². The second kappa shape index (κ2) is 17.2. The molecule has 15 heteroatoms. The van der Waals surface area contributed by atoms with Crippen LogP contribution in [0.1, 0.15) is 39.2 Å². The topological polar surface area (TPSA) is 96.5 Å². The van der Waals surface area contributed by atoms with Crippen LogP contribution in [-0.4, -0.2) is 24.3 Å². The standard InChI is InChI=1S/C39H28F7N3O4S/c1-2-53-28-16-10-9-15-24(28)21-27(48-36(50)23-13-7-4-8-14-23)37(51)47-25-17-19-26(20-18-25)54-35(22-11-5-3-6-12-22)38(52)49-34-32(42)30(40)29(39(44,45)46)31(41)33(34)43/h3-21,35H,2H2,1H3,(H,47,51)(H,48,50)(H,49,52)/b27-21-. The number of nitrogens with one attached hydrogen (secondary N) is 3. The molecule has 3 N–H and O–H groups in total. The summed E-state index contributed by atoms with van der Waals surface area (Å²) in [5.74, 6) is -12.3. The number of hydrogen-bond donors (Lipinski definition) is 3. The number of benzene rings is 5. The van der Waals surface area contributed by atoms with Gasteiger partial charge in [-0.3, -0.25) is 14.4 Å². The van der Waals surface area contributed by atoms with E-state index in [1.54, 1.807) is 85.0 Å². The molecule has 0 radical (unpaired) electrons. The highest BCUT2D eigenvalue weighted by Crippen LogP contribution is 2.41. The molecule has 0 saturated heterocycles. The molecule has 0 aliphatic heterocycles. The normalized spacial score (nSPS) is 12.1. The third-order valence-electron chi connectivity index (χ3n) is 7.55. The third kappa shape index (κ3) is 9.28. The summed E-state index contributed by atoms with van der Waals surface area (Å²) in [4.78, 5) is 40.4. The predicted molar refractivity (Wildman–Crippen MR) is 190 cm³/mol. The molecule has 0 aliphatic carbocycles. The molecule has 3 amide bonds. The average Bonchev–Trinajstić information content (AvgIpc) is 3.16. The molecule has 7 nitrogen and oxygen atoms in total. The van der Waals surface area contributed by atoms with E-state index in [0.29, 0.717) is 28.4 Å². The van der Waals surface area contributed by atoms with Crippen molar-refractivity contribution in [3.8, 4) is 5.75 Å². The Balaban J connectivity index is 1.39. The van der Waals surface area contributed by atoms with E-state index < -0.39 is 63.7 Å². The van der Waals surface area contributed by atoms with Crippen molar-refractivity contribution < 1.29 is 49.9 Å². The first kappa shape index (κ1) is 39.1. The van der Waals surface area contributed by atoms with Crippen molar-refractivity contribution in [2.24, 2.45) is 0 Å². The lowest BCUT2D eigenvalue weighted by molar-refractivity contribution is -0.143. The van der Waals surface area contributed by atoms with Crippen LogP contribution in [0.15, 0.2) is 120 Å². The summed E-state index contributed by atoms with van der Waals surface area (Å²) in [5.41, 5.74) is -3.29. The van der Waals surface area contributed by atoms with E-state index in [9.17, 15) is 45.1 Å². The maximum atomic E-state index is 14.7. The molecular formula is C39H28F7N3O4S. The molecule has 1 unspecified atom stereocenters. The molecule has 278 valence electrons. The number of halogens is 7. The van der Waals surface area contributed by atoms with E-state index >= 15 is 0 Å². The minimum atomic E-state index is -5.75. The second-order valence-corrected chi connectivity index (χ2v) is 12.4. The maximum absolute atomic E-state index is 14.7. The molecule has 5 aromatic rings. The molecular weight excluding hydrogens is 739 g/mol. The van der Waals surface area contributed by atoms with Gasteiger partial charge in [0.25, 0.3) is 11.8 Å². The fraction of sp³-hybridized carbons (Fsp3) is 0.103. The molecule has 5 aromatic carbocycles. The fourth-order valence-corrected chi connectivity index (χ4v) is 6.04. The Labute approximate surface area is 308 Å². The van der Waals surface area contributed by atoms with Gasteiger partial charge >= 0.3 is 6.18 Å². The number of rotatable bonds is 12. The van der Waals surface area contributed by atoms with Crippen LogP contribution in [0.2, 0.25) is 0 Å². The molecule has 0 bridgehead atoms. The monoisotopic (exact) mass is 767 g/mol. The Bertz CT molecular complexity index is 2150. The van der Waals surface area contributed by atoms with E-state index in [2.05, 4.69) is 10.6 Å². The van der Waals surface area contributed by atoms with Gasteiger partial charge < -0.3 is 20.7 Å². The summed E-state index contributed by atoms with van der Waals surface area (Å²) >= 11 is 0.825. The zero-order valence-electron chi connectivity index (χ0n) is 27.9. The molecule has 0 fully saturated rings. The highest BCUT2D eigenvalue weighted by molar-refractivity contribution is 8.00. The summed E-state index contributed by atoms with van der Waals surface area (Å²) in [6.07, 6.45) is -4.30. The van der Waals surface area contributed by atoms with Crippen LogP contribution in [0.25, 0.3) is 6.08 Å². The summed E-state index contributed by atoms with van der Waals surface area (Å²) in [6.45, 7) is 2.14. The van der Waals surface area contributed by atoms with Crippen LogP contribution in [0.3, 0.4) is 0 Å². The van der Waals surface area contributed by atoms with E-state index in [0.717, 1.165) is 11.8 Å². The summed E-state index contributed by atoms with van der Waals surface area (Å²) in [5, 5.41) is 5.69. The van der Waals surface area contributed by atoms with Crippen molar-refractivity contribution in [3.63, 3.8) is 0 Å². The second-order valence-electron chi connectivity index (χ2n) is 11.2. The fourth-order valence-electron chi connectivity index (χ4n) is 5.02. The molecule has 0 saturated carbocycles. The Hall–Kier alpha value is -6.09. The van der Waals surface area contributed by atoms with Gasteiger partial charge in [0.2, 0.25) is 5.91 Å². The van der Waals surface area contributed by atoms with E-state index in [-0.39, 0.29) is 16.9 Å². The van der Waals surface area contributed by atoms with Crippen molar-refractivity contribution in [2.45, 2.75) is 23.2 Å². The van der Waals surface area contributed by atoms with Gasteiger partial charge in [-0.2, -0.15) is 13.2 Å². The van der Waals surface area contributed by atoms with Crippen molar-refractivity contribution >= 4 is 46.9 Å². The minimum Gasteiger partial charge on any atom is -0.493 e. The Morgan fingerprint density at radius 1 is 0.741 bits per heavy atom. The number of amides is 3. The number of alkyl halides is 3. The summed E-state index contributed by atoms with van der Waals surface area (Å²) < 4.78 is 103. The molecule has 0 heterocycles.